The number of amides is 2. The number of thioether (sulfide) groups is 1. The van der Waals surface area contributed by atoms with Gasteiger partial charge in [-0.15, -0.1) is 0 Å². The first-order valence-electron chi connectivity index (χ1n) is 6.76. The smallest absolute Gasteiger partial charge is 0.250 e. The van der Waals surface area contributed by atoms with Gasteiger partial charge in [0, 0.05) is 9.37 Å². The summed E-state index contributed by atoms with van der Waals surface area (Å²) in [6.45, 7) is 1.60. The summed E-state index contributed by atoms with van der Waals surface area (Å²) in [6, 6.07) is 12.5. The van der Waals surface area contributed by atoms with E-state index in [2.05, 4.69) is 26.6 Å². The van der Waals surface area contributed by atoms with E-state index in [0.29, 0.717) is 10.7 Å². The summed E-state index contributed by atoms with van der Waals surface area (Å²) in [5.41, 5.74) is 1.18. The molecule has 0 fully saturated rings. The van der Waals surface area contributed by atoms with Crippen molar-refractivity contribution in [2.75, 3.05) is 10.6 Å². The maximum absolute atomic E-state index is 12.7. The number of hydrogen-bond acceptors (Lipinski definition) is 3. The number of nitrogens with one attached hydrogen (secondary N) is 2. The number of halogens is 2. The molecule has 0 aromatic heterocycles. The van der Waals surface area contributed by atoms with E-state index < -0.39 is 10.7 Å². The minimum absolute atomic E-state index is 0.355. The predicted octanol–water partition coefficient (Wildman–Crippen LogP) is 4.54. The molecule has 118 valence electrons. The number of fused-ring (bicyclic) bond motifs is 1. The molecule has 23 heavy (non-hydrogen) atoms. The van der Waals surface area contributed by atoms with Gasteiger partial charge in [-0.25, -0.2) is 0 Å². The summed E-state index contributed by atoms with van der Waals surface area (Å²) in [5, 5.41) is 5.92. The average Bonchev–Trinajstić information content (AvgIpc) is 2.51. The lowest BCUT2D eigenvalue weighted by Gasteiger charge is -2.31. The molecule has 3 rings (SSSR count). The van der Waals surface area contributed by atoms with Crippen molar-refractivity contribution in [1.82, 2.24) is 0 Å². The number of benzene rings is 2. The van der Waals surface area contributed by atoms with Crippen molar-refractivity contribution >= 4 is 62.5 Å². The first-order valence-corrected chi connectivity index (χ1v) is 8.75. The molecule has 0 spiro atoms. The molecule has 7 heteroatoms. The molecule has 2 N–H and O–H groups in total. The highest BCUT2D eigenvalue weighted by Crippen LogP contribution is 2.43. The largest absolute Gasteiger partial charge is 0.323 e. The van der Waals surface area contributed by atoms with Crippen LogP contribution in [0.5, 0.6) is 0 Å². The zero-order valence-electron chi connectivity index (χ0n) is 12.0. The molecule has 2 amide bonds. The predicted molar refractivity (Wildman–Crippen MR) is 97.1 cm³/mol. The molecular weight excluding hydrogens is 400 g/mol. The summed E-state index contributed by atoms with van der Waals surface area (Å²) in [4.78, 5) is 26.0. The number of rotatable bonds is 2. The quantitative estimate of drug-likeness (QED) is 0.713. The fourth-order valence-corrected chi connectivity index (χ4v) is 3.97. The number of para-hydroxylation sites is 1. The second kappa shape index (κ2) is 6.19. The maximum Gasteiger partial charge on any atom is 0.250 e. The van der Waals surface area contributed by atoms with Gasteiger partial charge >= 0.3 is 0 Å². The molecule has 4 nitrogen and oxygen atoms in total. The van der Waals surface area contributed by atoms with Gasteiger partial charge in [0.25, 0.3) is 0 Å². The van der Waals surface area contributed by atoms with Crippen molar-refractivity contribution in [2.45, 2.75) is 16.6 Å². The Hall–Kier alpha value is -1.50. The molecule has 0 radical (unpaired) electrons. The highest BCUT2D eigenvalue weighted by atomic mass is 79.9. The van der Waals surface area contributed by atoms with Crippen molar-refractivity contribution in [3.63, 3.8) is 0 Å². The van der Waals surface area contributed by atoms with Gasteiger partial charge < -0.3 is 10.6 Å². The molecule has 1 atom stereocenters. The second-order valence-corrected chi connectivity index (χ2v) is 7.95. The molecular formula is C16H12BrClN2O2S. The summed E-state index contributed by atoms with van der Waals surface area (Å²) in [6.07, 6.45) is 0. The molecule has 1 heterocycles. The highest BCUT2D eigenvalue weighted by molar-refractivity contribution is 9.10. The Labute approximate surface area is 151 Å². The molecule has 1 unspecified atom stereocenters. The van der Waals surface area contributed by atoms with Gasteiger partial charge in [-0.1, -0.05) is 51.4 Å². The van der Waals surface area contributed by atoms with Crippen LogP contribution in [0.2, 0.25) is 5.02 Å². The van der Waals surface area contributed by atoms with Crippen LogP contribution in [0.3, 0.4) is 0 Å². The van der Waals surface area contributed by atoms with E-state index in [9.17, 15) is 9.59 Å². The number of carbonyl (C=O) groups is 2. The van der Waals surface area contributed by atoms with Crippen molar-refractivity contribution in [3.8, 4) is 0 Å². The summed E-state index contributed by atoms with van der Waals surface area (Å²) in [5.74, 6) is -0.773. The van der Waals surface area contributed by atoms with Crippen LogP contribution in [0.15, 0.2) is 51.8 Å². The summed E-state index contributed by atoms with van der Waals surface area (Å²) in [7, 11) is 0. The summed E-state index contributed by atoms with van der Waals surface area (Å²) < 4.78 is -0.462. The van der Waals surface area contributed by atoms with Crippen LogP contribution in [-0.2, 0) is 9.59 Å². The lowest BCUT2D eigenvalue weighted by atomic mass is 10.1. The first kappa shape index (κ1) is 16.4. The standard InChI is InChI=1S/C16H12BrClN2O2S/c1-16(14(21)19-11-7-6-9(17)8-10(11)18)15(22)20-12-4-2-3-5-13(12)23-16/h2-8H,1H3,(H,19,21)(H,20,22). The topological polar surface area (TPSA) is 58.2 Å². The van der Waals surface area contributed by atoms with Crippen LogP contribution >= 0.6 is 39.3 Å². The van der Waals surface area contributed by atoms with Gasteiger partial charge in [0.05, 0.1) is 16.4 Å². The van der Waals surface area contributed by atoms with E-state index in [1.54, 1.807) is 25.1 Å². The monoisotopic (exact) mass is 410 g/mol. The minimum atomic E-state index is -1.27. The lowest BCUT2D eigenvalue weighted by molar-refractivity contribution is -0.126. The van der Waals surface area contributed by atoms with E-state index in [0.717, 1.165) is 15.1 Å². The molecule has 0 bridgehead atoms. The third-order valence-electron chi connectivity index (χ3n) is 3.50. The van der Waals surface area contributed by atoms with Crippen LogP contribution in [0.4, 0.5) is 11.4 Å². The molecule has 0 aliphatic carbocycles. The van der Waals surface area contributed by atoms with Gasteiger partial charge in [0.2, 0.25) is 11.8 Å². The highest BCUT2D eigenvalue weighted by Gasteiger charge is 2.45. The molecule has 0 saturated heterocycles. The van der Waals surface area contributed by atoms with E-state index in [-0.39, 0.29) is 5.91 Å². The van der Waals surface area contributed by atoms with Gasteiger partial charge in [-0.05, 0) is 37.3 Å². The van der Waals surface area contributed by atoms with Gasteiger partial charge in [-0.2, -0.15) is 0 Å². The zero-order valence-corrected chi connectivity index (χ0v) is 15.2. The van der Waals surface area contributed by atoms with Gasteiger partial charge in [0.15, 0.2) is 4.75 Å². The van der Waals surface area contributed by atoms with Crippen LogP contribution in [-0.4, -0.2) is 16.6 Å². The molecule has 2 aromatic rings. The SMILES string of the molecule is CC1(C(=O)Nc2ccc(Br)cc2Cl)Sc2ccccc2NC1=O. The molecule has 1 aliphatic rings. The number of carbonyl (C=O) groups excluding carboxylic acids is 2. The molecule has 2 aromatic carbocycles. The molecule has 1 aliphatic heterocycles. The number of hydrogen-bond donors (Lipinski definition) is 2. The van der Waals surface area contributed by atoms with Crippen molar-refractivity contribution < 1.29 is 9.59 Å². The van der Waals surface area contributed by atoms with Crippen molar-refractivity contribution in [3.05, 3.63) is 52.0 Å². The van der Waals surface area contributed by atoms with Gasteiger partial charge in [-0.3, -0.25) is 9.59 Å². The van der Waals surface area contributed by atoms with Crippen molar-refractivity contribution in [2.24, 2.45) is 0 Å². The van der Waals surface area contributed by atoms with Crippen LogP contribution in [0, 0.1) is 0 Å². The first-order chi connectivity index (χ1) is 10.9. The fraction of sp³-hybridized carbons (Fsp3) is 0.125. The third-order valence-corrected chi connectivity index (χ3v) is 5.66. The van der Waals surface area contributed by atoms with E-state index in [1.807, 2.05) is 24.3 Å². The van der Waals surface area contributed by atoms with Crippen LogP contribution in [0.1, 0.15) is 6.92 Å². The Morgan fingerprint density at radius 1 is 1.30 bits per heavy atom. The lowest BCUT2D eigenvalue weighted by Crippen LogP contribution is -2.49. The van der Waals surface area contributed by atoms with E-state index in [1.165, 1.54) is 11.8 Å². The van der Waals surface area contributed by atoms with Crippen LogP contribution < -0.4 is 10.6 Å². The minimum Gasteiger partial charge on any atom is -0.323 e. The Morgan fingerprint density at radius 3 is 2.78 bits per heavy atom. The van der Waals surface area contributed by atoms with E-state index in [4.69, 9.17) is 11.6 Å². The maximum atomic E-state index is 12.7. The summed E-state index contributed by atoms with van der Waals surface area (Å²) >= 11 is 10.7. The fourth-order valence-electron chi connectivity index (χ4n) is 2.15. The normalized spacial score (nSPS) is 19.7. The van der Waals surface area contributed by atoms with Crippen molar-refractivity contribution in [1.29, 1.82) is 0 Å². The second-order valence-electron chi connectivity index (χ2n) is 5.16. The van der Waals surface area contributed by atoms with E-state index >= 15 is 0 Å². The zero-order chi connectivity index (χ0) is 16.6. The van der Waals surface area contributed by atoms with Gasteiger partial charge in [0.1, 0.15) is 0 Å². The van der Waals surface area contributed by atoms with Crippen LogP contribution in [0.25, 0.3) is 0 Å². The Kier molecular flexibility index (Phi) is 4.40. The Morgan fingerprint density at radius 2 is 2.04 bits per heavy atom. The average molecular weight is 412 g/mol. The Balaban J connectivity index is 1.88. The molecule has 0 saturated carbocycles. The Bertz CT molecular complexity index is 814. The number of anilines is 2. The third kappa shape index (κ3) is 3.11.